The zero-order chi connectivity index (χ0) is 14.4. The molecule has 0 spiro atoms. The van der Waals surface area contributed by atoms with Crippen molar-refractivity contribution in [1.82, 2.24) is 10.1 Å². The lowest BCUT2D eigenvalue weighted by atomic mass is 10.1. The molecular weight excluding hydrogens is 290 g/mol. The minimum Gasteiger partial charge on any atom is -0.339 e. The molecule has 4 rings (SSSR count). The van der Waals surface area contributed by atoms with Crippen LogP contribution in [0, 0.1) is 0 Å². The standard InChI is InChI=1S/C15H14ClN3O2/c16-11-2-1-3-12(7-11)19-8-10(6-13(19)20)15-17-14(18-21-15)9-4-5-9/h1-3,7,9-10H,4-6,8H2/t10-/m1/s1. The fourth-order valence-corrected chi connectivity index (χ4v) is 2.87. The van der Waals surface area contributed by atoms with Crippen molar-refractivity contribution < 1.29 is 9.32 Å². The number of hydrogen-bond acceptors (Lipinski definition) is 4. The van der Waals surface area contributed by atoms with E-state index < -0.39 is 0 Å². The molecule has 1 amide bonds. The Bertz CT molecular complexity index is 696. The number of aromatic nitrogens is 2. The van der Waals surface area contributed by atoms with E-state index in [1.807, 2.05) is 12.1 Å². The topological polar surface area (TPSA) is 59.2 Å². The molecule has 2 aliphatic rings. The molecule has 1 aromatic carbocycles. The van der Waals surface area contributed by atoms with Crippen LogP contribution in [0.5, 0.6) is 0 Å². The van der Waals surface area contributed by atoms with E-state index in [2.05, 4.69) is 10.1 Å². The zero-order valence-corrected chi connectivity index (χ0v) is 12.1. The van der Waals surface area contributed by atoms with Crippen LogP contribution in [0.25, 0.3) is 0 Å². The lowest BCUT2D eigenvalue weighted by Crippen LogP contribution is -2.24. The minimum atomic E-state index is -0.0310. The van der Waals surface area contributed by atoms with Crippen LogP contribution in [0.4, 0.5) is 5.69 Å². The summed E-state index contributed by atoms with van der Waals surface area (Å²) in [5, 5.41) is 4.65. The molecule has 0 unspecified atom stereocenters. The SMILES string of the molecule is O=C1C[C@@H](c2nc(C3CC3)no2)CN1c1cccc(Cl)c1. The van der Waals surface area contributed by atoms with E-state index in [4.69, 9.17) is 16.1 Å². The van der Waals surface area contributed by atoms with Crippen molar-refractivity contribution in [2.45, 2.75) is 31.1 Å². The van der Waals surface area contributed by atoms with E-state index in [9.17, 15) is 4.79 Å². The molecule has 21 heavy (non-hydrogen) atoms. The molecule has 0 radical (unpaired) electrons. The van der Waals surface area contributed by atoms with Gasteiger partial charge in [0.25, 0.3) is 0 Å². The van der Waals surface area contributed by atoms with Crippen molar-refractivity contribution in [1.29, 1.82) is 0 Å². The Balaban J connectivity index is 1.55. The van der Waals surface area contributed by atoms with Gasteiger partial charge in [0.05, 0.1) is 5.92 Å². The van der Waals surface area contributed by atoms with Gasteiger partial charge in [-0.2, -0.15) is 4.98 Å². The van der Waals surface area contributed by atoms with Gasteiger partial charge in [-0.15, -0.1) is 0 Å². The largest absolute Gasteiger partial charge is 0.339 e. The fourth-order valence-electron chi connectivity index (χ4n) is 2.69. The van der Waals surface area contributed by atoms with E-state index >= 15 is 0 Å². The van der Waals surface area contributed by atoms with Crippen molar-refractivity contribution in [3.8, 4) is 0 Å². The number of rotatable bonds is 3. The highest BCUT2D eigenvalue weighted by atomic mass is 35.5. The zero-order valence-electron chi connectivity index (χ0n) is 11.3. The third-order valence-electron chi connectivity index (χ3n) is 3.99. The maximum atomic E-state index is 12.2. The van der Waals surface area contributed by atoms with Crippen LogP contribution in [-0.4, -0.2) is 22.6 Å². The number of hydrogen-bond donors (Lipinski definition) is 0. The van der Waals surface area contributed by atoms with Gasteiger partial charge < -0.3 is 9.42 Å². The molecule has 1 atom stereocenters. The molecule has 1 saturated heterocycles. The highest BCUT2D eigenvalue weighted by Gasteiger charge is 2.36. The van der Waals surface area contributed by atoms with Crippen LogP contribution in [0.3, 0.4) is 0 Å². The first-order chi connectivity index (χ1) is 10.2. The lowest BCUT2D eigenvalue weighted by molar-refractivity contribution is -0.117. The predicted molar refractivity (Wildman–Crippen MR) is 77.4 cm³/mol. The number of halogens is 1. The Hall–Kier alpha value is -1.88. The summed E-state index contributed by atoms with van der Waals surface area (Å²) in [5.74, 6) is 1.86. The van der Waals surface area contributed by atoms with Crippen LogP contribution in [0.1, 0.15) is 42.8 Å². The number of benzene rings is 1. The highest BCUT2D eigenvalue weighted by Crippen LogP contribution is 2.39. The smallest absolute Gasteiger partial charge is 0.232 e. The fraction of sp³-hybridized carbons (Fsp3) is 0.400. The summed E-state index contributed by atoms with van der Waals surface area (Å²) in [7, 11) is 0. The van der Waals surface area contributed by atoms with Gasteiger partial charge in [0.1, 0.15) is 0 Å². The van der Waals surface area contributed by atoms with Gasteiger partial charge in [0, 0.05) is 29.6 Å². The molecule has 2 aromatic rings. The van der Waals surface area contributed by atoms with E-state index in [0.717, 1.165) is 24.4 Å². The third-order valence-corrected chi connectivity index (χ3v) is 4.23. The van der Waals surface area contributed by atoms with Gasteiger partial charge in [-0.1, -0.05) is 22.8 Å². The van der Waals surface area contributed by atoms with Gasteiger partial charge in [-0.25, -0.2) is 0 Å². The third kappa shape index (κ3) is 2.42. The average molecular weight is 304 g/mol. The minimum absolute atomic E-state index is 0.0310. The second-order valence-corrected chi connectivity index (χ2v) is 6.09. The summed E-state index contributed by atoms with van der Waals surface area (Å²) in [6.45, 7) is 0.561. The van der Waals surface area contributed by atoms with Crippen molar-refractivity contribution in [3.63, 3.8) is 0 Å². The normalized spacial score (nSPS) is 22.0. The van der Waals surface area contributed by atoms with E-state index in [1.165, 1.54) is 0 Å². The first kappa shape index (κ1) is 12.8. The summed E-state index contributed by atoms with van der Waals surface area (Å²) < 4.78 is 5.34. The molecule has 5 nitrogen and oxygen atoms in total. The lowest BCUT2D eigenvalue weighted by Gasteiger charge is -2.16. The molecule has 108 valence electrons. The van der Waals surface area contributed by atoms with Gasteiger partial charge in [0.2, 0.25) is 11.8 Å². The molecule has 1 aliphatic carbocycles. The molecule has 1 aromatic heterocycles. The monoisotopic (exact) mass is 303 g/mol. The van der Waals surface area contributed by atoms with Crippen molar-refractivity contribution >= 4 is 23.2 Å². The Kier molecular flexibility index (Phi) is 2.96. The Morgan fingerprint density at radius 1 is 1.29 bits per heavy atom. The summed E-state index contributed by atoms with van der Waals surface area (Å²) in [6.07, 6.45) is 2.67. The van der Waals surface area contributed by atoms with Crippen molar-refractivity contribution in [2.75, 3.05) is 11.4 Å². The van der Waals surface area contributed by atoms with Crippen LogP contribution in [-0.2, 0) is 4.79 Å². The first-order valence-corrected chi connectivity index (χ1v) is 7.48. The quantitative estimate of drug-likeness (QED) is 0.874. The predicted octanol–water partition coefficient (Wildman–Crippen LogP) is 3.12. The number of anilines is 1. The summed E-state index contributed by atoms with van der Waals surface area (Å²) in [6, 6.07) is 7.32. The number of carbonyl (C=O) groups is 1. The Labute approximate surface area is 126 Å². The molecule has 1 aliphatic heterocycles. The van der Waals surface area contributed by atoms with Crippen LogP contribution < -0.4 is 4.90 Å². The Morgan fingerprint density at radius 3 is 2.90 bits per heavy atom. The second-order valence-electron chi connectivity index (χ2n) is 5.65. The number of nitrogens with zero attached hydrogens (tertiary/aromatic N) is 3. The van der Waals surface area contributed by atoms with Gasteiger partial charge >= 0.3 is 0 Å². The molecule has 0 bridgehead atoms. The first-order valence-electron chi connectivity index (χ1n) is 7.10. The number of carbonyl (C=O) groups excluding carboxylic acids is 1. The van der Waals surface area contributed by atoms with E-state index in [-0.39, 0.29) is 11.8 Å². The maximum absolute atomic E-state index is 12.2. The summed E-state index contributed by atoms with van der Waals surface area (Å²) >= 11 is 5.99. The van der Waals surface area contributed by atoms with Gasteiger partial charge in [0.15, 0.2) is 5.82 Å². The van der Waals surface area contributed by atoms with E-state index in [0.29, 0.717) is 29.8 Å². The van der Waals surface area contributed by atoms with Crippen molar-refractivity contribution in [3.05, 3.63) is 41.0 Å². The van der Waals surface area contributed by atoms with Crippen molar-refractivity contribution in [2.24, 2.45) is 0 Å². The molecule has 0 N–H and O–H groups in total. The number of amides is 1. The van der Waals surface area contributed by atoms with Crippen LogP contribution >= 0.6 is 11.6 Å². The van der Waals surface area contributed by atoms with Crippen LogP contribution in [0.2, 0.25) is 5.02 Å². The molecule has 1 saturated carbocycles. The molecule has 2 heterocycles. The second kappa shape index (κ2) is 4.84. The maximum Gasteiger partial charge on any atom is 0.232 e. The van der Waals surface area contributed by atoms with Crippen LogP contribution in [0.15, 0.2) is 28.8 Å². The summed E-state index contributed by atoms with van der Waals surface area (Å²) in [4.78, 5) is 18.4. The summed E-state index contributed by atoms with van der Waals surface area (Å²) in [5.41, 5.74) is 0.817. The molecule has 6 heteroatoms. The molecule has 2 fully saturated rings. The molecular formula is C15H14ClN3O2. The van der Waals surface area contributed by atoms with E-state index in [1.54, 1.807) is 17.0 Å². The van der Waals surface area contributed by atoms with Gasteiger partial charge in [-0.05, 0) is 31.0 Å². The van der Waals surface area contributed by atoms with Gasteiger partial charge in [-0.3, -0.25) is 4.79 Å². The Morgan fingerprint density at radius 2 is 2.14 bits per heavy atom. The highest BCUT2D eigenvalue weighted by molar-refractivity contribution is 6.30. The average Bonchev–Trinajstić information content (AvgIpc) is 3.07.